The molecule has 4 heteroatoms. The molecule has 0 aromatic carbocycles. The first-order valence-electron chi connectivity index (χ1n) is 5.20. The van der Waals surface area contributed by atoms with E-state index in [9.17, 15) is 4.79 Å². The van der Waals surface area contributed by atoms with Crippen LogP contribution in [0.15, 0.2) is 10.5 Å². The van der Waals surface area contributed by atoms with Gasteiger partial charge in [0.1, 0.15) is 11.5 Å². The number of hydrogen-bond acceptors (Lipinski definition) is 2. The smallest absolute Gasteiger partial charge is 0.257 e. The van der Waals surface area contributed by atoms with Gasteiger partial charge < -0.3 is 9.32 Å². The van der Waals surface area contributed by atoms with E-state index in [1.165, 1.54) is 0 Å². The molecule has 0 atom stereocenters. The summed E-state index contributed by atoms with van der Waals surface area (Å²) >= 11 is 5.85. The van der Waals surface area contributed by atoms with Crippen LogP contribution in [0.25, 0.3) is 0 Å². The van der Waals surface area contributed by atoms with E-state index in [4.69, 9.17) is 16.0 Å². The van der Waals surface area contributed by atoms with Gasteiger partial charge in [0.25, 0.3) is 5.91 Å². The number of rotatable bonds is 3. The average molecular weight is 244 g/mol. The molecule has 0 aliphatic carbocycles. The lowest BCUT2D eigenvalue weighted by Gasteiger charge is -2.33. The summed E-state index contributed by atoms with van der Waals surface area (Å²) in [5, 5.41) is 0. The lowest BCUT2D eigenvalue weighted by molar-refractivity contribution is 0.0658. The predicted molar refractivity (Wildman–Crippen MR) is 65.1 cm³/mol. The molecular formula is C12H18ClNO2. The number of carbonyl (C=O) groups excluding carboxylic acids is 1. The van der Waals surface area contributed by atoms with Gasteiger partial charge in [0.2, 0.25) is 0 Å². The number of aryl methyl sites for hydroxylation is 2. The van der Waals surface area contributed by atoms with Gasteiger partial charge in [-0.15, -0.1) is 11.6 Å². The van der Waals surface area contributed by atoms with Crippen LogP contribution in [0.5, 0.6) is 0 Å². The second kappa shape index (κ2) is 4.50. The lowest BCUT2D eigenvalue weighted by atomic mass is 10.1. The highest BCUT2D eigenvalue weighted by Gasteiger charge is 2.29. The molecule has 90 valence electrons. The topological polar surface area (TPSA) is 33.5 Å². The van der Waals surface area contributed by atoms with Gasteiger partial charge in [-0.1, -0.05) is 0 Å². The zero-order valence-electron chi connectivity index (χ0n) is 10.4. The van der Waals surface area contributed by atoms with Gasteiger partial charge in [-0.2, -0.15) is 0 Å². The first-order valence-corrected chi connectivity index (χ1v) is 5.74. The molecule has 0 unspecified atom stereocenters. The third-order valence-corrected chi connectivity index (χ3v) is 3.47. The normalized spacial score (nSPS) is 11.6. The van der Waals surface area contributed by atoms with Crippen molar-refractivity contribution in [2.45, 2.75) is 33.2 Å². The summed E-state index contributed by atoms with van der Waals surface area (Å²) in [5.74, 6) is 1.74. The molecule has 1 amide bonds. The lowest BCUT2D eigenvalue weighted by Crippen LogP contribution is -2.46. The van der Waals surface area contributed by atoms with Crippen LogP contribution in [0.3, 0.4) is 0 Å². The van der Waals surface area contributed by atoms with Crippen LogP contribution < -0.4 is 0 Å². The van der Waals surface area contributed by atoms with E-state index in [2.05, 4.69) is 0 Å². The number of alkyl halides is 1. The Balaban J connectivity index is 2.99. The molecule has 1 heterocycles. The Morgan fingerprint density at radius 3 is 2.44 bits per heavy atom. The fraction of sp³-hybridized carbons (Fsp3) is 0.583. The first kappa shape index (κ1) is 13.1. The number of furan rings is 1. The molecular weight excluding hydrogens is 226 g/mol. The summed E-state index contributed by atoms with van der Waals surface area (Å²) in [4.78, 5) is 13.8. The molecule has 1 aromatic heterocycles. The molecule has 0 saturated heterocycles. The van der Waals surface area contributed by atoms with E-state index in [0.717, 1.165) is 5.76 Å². The van der Waals surface area contributed by atoms with Crippen molar-refractivity contribution in [3.05, 3.63) is 23.2 Å². The van der Waals surface area contributed by atoms with E-state index in [1.807, 2.05) is 20.8 Å². The zero-order chi connectivity index (χ0) is 12.5. The summed E-state index contributed by atoms with van der Waals surface area (Å²) < 4.78 is 5.35. The quantitative estimate of drug-likeness (QED) is 0.765. The van der Waals surface area contributed by atoms with Crippen LogP contribution in [0.2, 0.25) is 0 Å². The molecule has 16 heavy (non-hydrogen) atoms. The second-order valence-corrected chi connectivity index (χ2v) is 4.90. The molecule has 0 spiro atoms. The maximum Gasteiger partial charge on any atom is 0.257 e. The molecule has 1 rings (SSSR count). The molecule has 0 fully saturated rings. The SMILES string of the molecule is Cc1cc(C(=O)N(C)C(C)(C)CCl)c(C)o1. The molecule has 0 aliphatic rings. The maximum atomic E-state index is 12.2. The minimum atomic E-state index is -0.365. The predicted octanol–water partition coefficient (Wildman–Crippen LogP) is 2.99. The van der Waals surface area contributed by atoms with Gasteiger partial charge in [0, 0.05) is 12.9 Å². The van der Waals surface area contributed by atoms with Crippen molar-refractivity contribution in [2.75, 3.05) is 12.9 Å². The Morgan fingerprint density at radius 1 is 1.50 bits per heavy atom. The van der Waals surface area contributed by atoms with E-state index >= 15 is 0 Å². The van der Waals surface area contributed by atoms with Crippen molar-refractivity contribution in [1.82, 2.24) is 4.90 Å². The number of hydrogen-bond donors (Lipinski definition) is 0. The highest BCUT2D eigenvalue weighted by molar-refractivity contribution is 6.18. The Morgan fingerprint density at radius 2 is 2.06 bits per heavy atom. The standard InChI is InChI=1S/C12H18ClNO2/c1-8-6-10(9(2)16-8)11(15)14(5)12(3,4)7-13/h6H,7H2,1-5H3. The monoisotopic (exact) mass is 243 g/mol. The molecule has 0 radical (unpaired) electrons. The number of halogens is 1. The Bertz CT molecular complexity index is 396. The van der Waals surface area contributed by atoms with Gasteiger partial charge in [-0.3, -0.25) is 4.79 Å². The van der Waals surface area contributed by atoms with Crippen LogP contribution in [0.1, 0.15) is 35.7 Å². The van der Waals surface area contributed by atoms with Crippen LogP contribution in [0, 0.1) is 13.8 Å². The van der Waals surface area contributed by atoms with E-state index in [1.54, 1.807) is 24.9 Å². The zero-order valence-corrected chi connectivity index (χ0v) is 11.2. The summed E-state index contributed by atoms with van der Waals surface area (Å²) in [6, 6.07) is 1.76. The molecule has 0 N–H and O–H groups in total. The van der Waals surface area contributed by atoms with Crippen LogP contribution >= 0.6 is 11.6 Å². The van der Waals surface area contributed by atoms with Crippen LogP contribution in [0.4, 0.5) is 0 Å². The van der Waals surface area contributed by atoms with Crippen molar-refractivity contribution in [1.29, 1.82) is 0 Å². The number of nitrogens with zero attached hydrogens (tertiary/aromatic N) is 1. The Kier molecular flexibility index (Phi) is 3.68. The average Bonchev–Trinajstić information content (AvgIpc) is 2.55. The van der Waals surface area contributed by atoms with Gasteiger partial charge in [0.15, 0.2) is 0 Å². The second-order valence-electron chi connectivity index (χ2n) is 4.64. The Hall–Kier alpha value is -0.960. The summed E-state index contributed by atoms with van der Waals surface area (Å²) in [6.45, 7) is 7.48. The van der Waals surface area contributed by atoms with Gasteiger partial charge in [0.05, 0.1) is 11.1 Å². The van der Waals surface area contributed by atoms with Gasteiger partial charge >= 0.3 is 0 Å². The van der Waals surface area contributed by atoms with Gasteiger partial charge in [-0.25, -0.2) is 0 Å². The van der Waals surface area contributed by atoms with Crippen molar-refractivity contribution < 1.29 is 9.21 Å². The minimum Gasteiger partial charge on any atom is -0.466 e. The molecule has 1 aromatic rings. The van der Waals surface area contributed by atoms with E-state index in [-0.39, 0.29) is 11.4 Å². The minimum absolute atomic E-state index is 0.0556. The molecule has 3 nitrogen and oxygen atoms in total. The fourth-order valence-corrected chi connectivity index (χ4v) is 1.57. The summed E-state index contributed by atoms with van der Waals surface area (Å²) in [5.41, 5.74) is 0.245. The number of amides is 1. The van der Waals surface area contributed by atoms with Crippen LogP contribution in [-0.4, -0.2) is 29.3 Å². The highest BCUT2D eigenvalue weighted by Crippen LogP contribution is 2.21. The third-order valence-electron chi connectivity index (χ3n) is 2.81. The molecule has 0 saturated carbocycles. The largest absolute Gasteiger partial charge is 0.466 e. The molecule has 0 aliphatic heterocycles. The highest BCUT2D eigenvalue weighted by atomic mass is 35.5. The maximum absolute atomic E-state index is 12.2. The summed E-state index contributed by atoms with van der Waals surface area (Å²) in [7, 11) is 1.76. The molecule has 0 bridgehead atoms. The first-order chi connectivity index (χ1) is 7.29. The number of carbonyl (C=O) groups is 1. The van der Waals surface area contributed by atoms with Crippen molar-refractivity contribution in [3.8, 4) is 0 Å². The Labute approximate surface area is 101 Å². The van der Waals surface area contributed by atoms with Crippen molar-refractivity contribution >= 4 is 17.5 Å². The van der Waals surface area contributed by atoms with Gasteiger partial charge in [-0.05, 0) is 33.8 Å². The van der Waals surface area contributed by atoms with E-state index in [0.29, 0.717) is 17.2 Å². The van der Waals surface area contributed by atoms with Crippen LogP contribution in [-0.2, 0) is 0 Å². The van der Waals surface area contributed by atoms with Crippen molar-refractivity contribution in [3.63, 3.8) is 0 Å². The van der Waals surface area contributed by atoms with E-state index < -0.39 is 0 Å². The fourth-order valence-electron chi connectivity index (χ4n) is 1.39. The van der Waals surface area contributed by atoms with Crippen molar-refractivity contribution in [2.24, 2.45) is 0 Å². The summed E-state index contributed by atoms with van der Waals surface area (Å²) in [6.07, 6.45) is 0. The third kappa shape index (κ3) is 2.40.